The van der Waals surface area contributed by atoms with E-state index in [1.54, 1.807) is 6.07 Å². The number of hydrogen-bond donors (Lipinski definition) is 2. The minimum Gasteiger partial charge on any atom is -0.506 e. The van der Waals surface area contributed by atoms with Crippen molar-refractivity contribution < 1.29 is 5.11 Å². The minimum atomic E-state index is 0.355. The zero-order valence-corrected chi connectivity index (χ0v) is 19.2. The molecule has 0 unspecified atom stereocenters. The Kier molecular flexibility index (Phi) is 7.72. The number of rotatable bonds is 6. The maximum absolute atomic E-state index is 10.1. The highest BCUT2D eigenvalue weighted by molar-refractivity contribution is 5.80. The maximum atomic E-state index is 10.1. The number of phenolic OH excluding ortho intramolecular Hbond substituents is 1. The van der Waals surface area contributed by atoms with Crippen LogP contribution in [0.2, 0.25) is 0 Å². The Labute approximate surface area is 191 Å². The van der Waals surface area contributed by atoms with Crippen LogP contribution in [0, 0.1) is 0 Å². The van der Waals surface area contributed by atoms with E-state index in [-0.39, 0.29) is 0 Å². The highest BCUT2D eigenvalue weighted by atomic mass is 16.3. The Hall–Kier alpha value is -2.93. The predicted octanol–water partition coefficient (Wildman–Crippen LogP) is 2.30. The average molecular weight is 437 g/mol. The molecule has 0 radical (unpaired) electrons. The summed E-state index contributed by atoms with van der Waals surface area (Å²) < 4.78 is 0. The SMILES string of the molecule is CN=C(NCCCN1CCN(c2ccccc2)CC1)N1CCN(c2ccccc2O)CC1. The van der Waals surface area contributed by atoms with E-state index in [0.29, 0.717) is 5.75 Å². The first kappa shape index (κ1) is 22.3. The van der Waals surface area contributed by atoms with E-state index in [2.05, 4.69) is 60.2 Å². The van der Waals surface area contributed by atoms with Gasteiger partial charge in [-0.1, -0.05) is 30.3 Å². The molecule has 0 atom stereocenters. The second-order valence-corrected chi connectivity index (χ2v) is 8.45. The molecule has 0 saturated carbocycles. The standard InChI is InChI=1S/C25H36N6O/c1-26-25(31-20-18-30(19-21-31)23-10-5-6-11-24(23)32)27-12-7-13-28-14-16-29(17-15-28)22-8-3-2-4-9-22/h2-6,8-11,32H,7,12-21H2,1H3,(H,26,27). The summed E-state index contributed by atoms with van der Waals surface area (Å²) in [4.78, 5) is 14.1. The van der Waals surface area contributed by atoms with E-state index >= 15 is 0 Å². The summed E-state index contributed by atoms with van der Waals surface area (Å²) in [5, 5.41) is 13.7. The predicted molar refractivity (Wildman–Crippen MR) is 133 cm³/mol. The number of hydrogen-bond acceptors (Lipinski definition) is 5. The van der Waals surface area contributed by atoms with Gasteiger partial charge in [-0.3, -0.25) is 9.89 Å². The van der Waals surface area contributed by atoms with Crippen LogP contribution in [0.15, 0.2) is 59.6 Å². The number of para-hydroxylation sites is 3. The lowest BCUT2D eigenvalue weighted by molar-refractivity contribution is 0.255. The lowest BCUT2D eigenvalue weighted by Crippen LogP contribution is -2.53. The Morgan fingerprint density at radius 2 is 1.50 bits per heavy atom. The summed E-state index contributed by atoms with van der Waals surface area (Å²) in [5.41, 5.74) is 2.25. The quantitative estimate of drug-likeness (QED) is 0.412. The van der Waals surface area contributed by atoms with E-state index in [0.717, 1.165) is 83.5 Å². The molecule has 7 heteroatoms. The molecule has 0 amide bonds. The van der Waals surface area contributed by atoms with Gasteiger partial charge < -0.3 is 25.1 Å². The van der Waals surface area contributed by atoms with Crippen LogP contribution in [-0.2, 0) is 0 Å². The lowest BCUT2D eigenvalue weighted by Gasteiger charge is -2.38. The molecule has 0 aromatic heterocycles. The Morgan fingerprint density at radius 1 is 0.844 bits per heavy atom. The molecule has 2 aromatic carbocycles. The molecule has 32 heavy (non-hydrogen) atoms. The van der Waals surface area contributed by atoms with Crippen LogP contribution in [0.25, 0.3) is 0 Å². The van der Waals surface area contributed by atoms with Crippen LogP contribution < -0.4 is 15.1 Å². The zero-order valence-electron chi connectivity index (χ0n) is 19.2. The lowest BCUT2D eigenvalue weighted by atomic mass is 10.2. The Bertz CT molecular complexity index is 858. The van der Waals surface area contributed by atoms with Crippen molar-refractivity contribution in [1.82, 2.24) is 15.1 Å². The molecule has 2 aliphatic rings. The third-order valence-corrected chi connectivity index (χ3v) is 6.44. The molecular formula is C25H36N6O. The van der Waals surface area contributed by atoms with E-state index in [1.165, 1.54) is 5.69 Å². The first-order valence-corrected chi connectivity index (χ1v) is 11.8. The van der Waals surface area contributed by atoms with Crippen molar-refractivity contribution in [3.8, 4) is 5.75 Å². The molecule has 0 spiro atoms. The third-order valence-electron chi connectivity index (χ3n) is 6.44. The number of nitrogens with one attached hydrogen (secondary N) is 1. The summed E-state index contributed by atoms with van der Waals surface area (Å²) >= 11 is 0. The van der Waals surface area contributed by atoms with Crippen molar-refractivity contribution in [2.45, 2.75) is 6.42 Å². The first-order chi connectivity index (χ1) is 15.7. The van der Waals surface area contributed by atoms with Gasteiger partial charge in [0.2, 0.25) is 0 Å². The molecule has 2 fully saturated rings. The van der Waals surface area contributed by atoms with E-state index in [9.17, 15) is 5.11 Å². The summed E-state index contributed by atoms with van der Waals surface area (Å²) in [7, 11) is 1.86. The third kappa shape index (κ3) is 5.65. The molecule has 0 aliphatic carbocycles. The van der Waals surface area contributed by atoms with Crippen molar-refractivity contribution in [1.29, 1.82) is 0 Å². The van der Waals surface area contributed by atoms with Gasteiger partial charge >= 0.3 is 0 Å². The second kappa shape index (κ2) is 11.1. The summed E-state index contributed by atoms with van der Waals surface area (Å²) in [6, 6.07) is 18.3. The van der Waals surface area contributed by atoms with Crippen molar-refractivity contribution >= 4 is 17.3 Å². The fourth-order valence-electron chi connectivity index (χ4n) is 4.59. The van der Waals surface area contributed by atoms with Gasteiger partial charge in [-0.25, -0.2) is 0 Å². The van der Waals surface area contributed by atoms with Crippen LogP contribution in [0.4, 0.5) is 11.4 Å². The normalized spacial score (nSPS) is 18.2. The van der Waals surface area contributed by atoms with Gasteiger partial charge in [0.15, 0.2) is 5.96 Å². The van der Waals surface area contributed by atoms with Gasteiger partial charge in [0, 0.05) is 71.6 Å². The molecule has 2 aromatic rings. The molecule has 7 nitrogen and oxygen atoms in total. The first-order valence-electron chi connectivity index (χ1n) is 11.8. The monoisotopic (exact) mass is 436 g/mol. The molecule has 2 heterocycles. The highest BCUT2D eigenvalue weighted by Crippen LogP contribution is 2.27. The molecule has 2 aliphatic heterocycles. The zero-order chi connectivity index (χ0) is 22.2. The number of guanidine groups is 1. The van der Waals surface area contributed by atoms with Gasteiger partial charge in [0.1, 0.15) is 5.75 Å². The number of aromatic hydroxyl groups is 1. The van der Waals surface area contributed by atoms with Crippen molar-refractivity contribution in [2.24, 2.45) is 4.99 Å². The average Bonchev–Trinajstić information content (AvgIpc) is 2.86. The number of benzene rings is 2. The van der Waals surface area contributed by atoms with Crippen LogP contribution >= 0.6 is 0 Å². The topological polar surface area (TPSA) is 57.6 Å². The van der Waals surface area contributed by atoms with Crippen LogP contribution in [-0.4, -0.2) is 93.4 Å². The van der Waals surface area contributed by atoms with Crippen LogP contribution in [0.5, 0.6) is 5.75 Å². The molecule has 2 N–H and O–H groups in total. The second-order valence-electron chi connectivity index (χ2n) is 8.45. The smallest absolute Gasteiger partial charge is 0.193 e. The molecular weight excluding hydrogens is 400 g/mol. The van der Waals surface area contributed by atoms with Crippen LogP contribution in [0.1, 0.15) is 6.42 Å². The summed E-state index contributed by atoms with van der Waals surface area (Å²) in [6.07, 6.45) is 1.11. The van der Waals surface area contributed by atoms with Gasteiger partial charge in [-0.15, -0.1) is 0 Å². The summed E-state index contributed by atoms with van der Waals surface area (Å²) in [5.74, 6) is 1.34. The molecule has 172 valence electrons. The number of nitrogens with zero attached hydrogens (tertiary/aromatic N) is 5. The number of phenols is 1. The molecule has 0 bridgehead atoms. The number of aliphatic imine (C=N–C) groups is 1. The number of anilines is 2. The fraction of sp³-hybridized carbons (Fsp3) is 0.480. The highest BCUT2D eigenvalue weighted by Gasteiger charge is 2.21. The number of piperazine rings is 2. The fourth-order valence-corrected chi connectivity index (χ4v) is 4.59. The summed E-state index contributed by atoms with van der Waals surface area (Å²) in [6.45, 7) is 10.0. The molecule has 2 saturated heterocycles. The van der Waals surface area contributed by atoms with Gasteiger partial charge in [0.25, 0.3) is 0 Å². The van der Waals surface area contributed by atoms with Crippen LogP contribution in [0.3, 0.4) is 0 Å². The Balaban J connectivity index is 1.14. The van der Waals surface area contributed by atoms with E-state index in [4.69, 9.17) is 0 Å². The van der Waals surface area contributed by atoms with Gasteiger partial charge in [-0.2, -0.15) is 0 Å². The Morgan fingerprint density at radius 3 is 2.19 bits per heavy atom. The maximum Gasteiger partial charge on any atom is 0.193 e. The molecule has 4 rings (SSSR count). The van der Waals surface area contributed by atoms with E-state index in [1.807, 2.05) is 25.2 Å². The van der Waals surface area contributed by atoms with Crippen molar-refractivity contribution in [2.75, 3.05) is 82.3 Å². The van der Waals surface area contributed by atoms with Crippen molar-refractivity contribution in [3.05, 3.63) is 54.6 Å². The minimum absolute atomic E-state index is 0.355. The van der Waals surface area contributed by atoms with Gasteiger partial charge in [0.05, 0.1) is 5.69 Å². The van der Waals surface area contributed by atoms with Gasteiger partial charge in [-0.05, 0) is 37.2 Å². The van der Waals surface area contributed by atoms with E-state index < -0.39 is 0 Å². The van der Waals surface area contributed by atoms with Crippen molar-refractivity contribution in [3.63, 3.8) is 0 Å². The largest absolute Gasteiger partial charge is 0.506 e.